The number of rotatable bonds is 5. The van der Waals surface area contributed by atoms with Crippen LogP contribution in [0.4, 0.5) is 0 Å². The molecular weight excluding hydrogens is 200 g/mol. The van der Waals surface area contributed by atoms with Gasteiger partial charge in [-0.1, -0.05) is 24.3 Å². The summed E-state index contributed by atoms with van der Waals surface area (Å²) in [6.07, 6.45) is 0. The summed E-state index contributed by atoms with van der Waals surface area (Å²) in [5, 5.41) is 17.7. The fourth-order valence-corrected chi connectivity index (χ4v) is 1.50. The predicted octanol–water partition coefficient (Wildman–Crippen LogP) is 1.91. The quantitative estimate of drug-likeness (QED) is 0.768. The molecule has 0 fully saturated rings. The van der Waals surface area contributed by atoms with Gasteiger partial charge < -0.3 is 5.11 Å². The molecule has 16 heavy (non-hydrogen) atoms. The average molecular weight is 218 g/mol. The molecule has 0 saturated carbocycles. The highest BCUT2D eigenvalue weighted by Gasteiger charge is 2.09. The number of nitrogens with zero attached hydrogens (tertiary/aromatic N) is 2. The van der Waals surface area contributed by atoms with E-state index in [0.29, 0.717) is 12.6 Å². The first-order valence-electron chi connectivity index (χ1n) is 5.47. The Bertz CT molecular complexity index is 351. The van der Waals surface area contributed by atoms with E-state index < -0.39 is 0 Å². The van der Waals surface area contributed by atoms with Gasteiger partial charge in [-0.15, -0.1) is 0 Å². The van der Waals surface area contributed by atoms with Crippen molar-refractivity contribution in [2.75, 3.05) is 6.54 Å². The summed E-state index contributed by atoms with van der Waals surface area (Å²) in [4.78, 5) is 2.11. The lowest BCUT2D eigenvalue weighted by atomic mass is 10.1. The van der Waals surface area contributed by atoms with Crippen molar-refractivity contribution in [3.63, 3.8) is 0 Å². The fraction of sp³-hybridized carbons (Fsp3) is 0.462. The minimum Gasteiger partial charge on any atom is -0.392 e. The summed E-state index contributed by atoms with van der Waals surface area (Å²) in [7, 11) is 0. The van der Waals surface area contributed by atoms with E-state index in [1.807, 2.05) is 24.3 Å². The molecule has 0 unspecified atom stereocenters. The summed E-state index contributed by atoms with van der Waals surface area (Å²) in [6, 6.07) is 10.4. The average Bonchev–Trinajstić information content (AvgIpc) is 2.29. The Balaban J connectivity index is 2.66. The second kappa shape index (κ2) is 6.26. The van der Waals surface area contributed by atoms with Crippen LogP contribution in [0.1, 0.15) is 25.0 Å². The van der Waals surface area contributed by atoms with Crippen LogP contribution >= 0.6 is 0 Å². The number of hydrogen-bond donors (Lipinski definition) is 1. The zero-order chi connectivity index (χ0) is 12.0. The standard InChI is InChI=1S/C13H18N2O/c1-11(2)15(8-7-14)9-12-3-5-13(10-16)6-4-12/h3-6,11,16H,8-10H2,1-2H3. The van der Waals surface area contributed by atoms with E-state index in [9.17, 15) is 0 Å². The normalized spacial score (nSPS) is 10.8. The Morgan fingerprint density at radius 1 is 1.25 bits per heavy atom. The Morgan fingerprint density at radius 3 is 2.25 bits per heavy atom. The zero-order valence-electron chi connectivity index (χ0n) is 9.85. The highest BCUT2D eigenvalue weighted by atomic mass is 16.3. The molecule has 0 saturated heterocycles. The molecule has 0 bridgehead atoms. The molecular formula is C13H18N2O. The molecule has 0 aliphatic rings. The Labute approximate surface area is 96.9 Å². The molecule has 0 aliphatic heterocycles. The van der Waals surface area contributed by atoms with Crippen molar-refractivity contribution in [3.8, 4) is 6.07 Å². The molecule has 0 atom stereocenters. The second-order valence-electron chi connectivity index (χ2n) is 4.13. The van der Waals surface area contributed by atoms with Gasteiger partial charge >= 0.3 is 0 Å². The van der Waals surface area contributed by atoms with Crippen LogP contribution in [0.25, 0.3) is 0 Å². The summed E-state index contributed by atoms with van der Waals surface area (Å²) < 4.78 is 0. The van der Waals surface area contributed by atoms with Gasteiger partial charge in [0.25, 0.3) is 0 Å². The molecule has 3 heteroatoms. The van der Waals surface area contributed by atoms with Gasteiger partial charge in [-0.05, 0) is 25.0 Å². The molecule has 0 aromatic heterocycles. The SMILES string of the molecule is CC(C)N(CC#N)Cc1ccc(CO)cc1. The van der Waals surface area contributed by atoms with Crippen molar-refractivity contribution in [2.24, 2.45) is 0 Å². The van der Waals surface area contributed by atoms with Crippen LogP contribution in [-0.4, -0.2) is 22.6 Å². The molecule has 1 rings (SSSR count). The van der Waals surface area contributed by atoms with E-state index in [2.05, 4.69) is 24.8 Å². The number of nitriles is 1. The van der Waals surface area contributed by atoms with Crippen LogP contribution in [0.2, 0.25) is 0 Å². The number of hydrogen-bond acceptors (Lipinski definition) is 3. The van der Waals surface area contributed by atoms with Crippen molar-refractivity contribution < 1.29 is 5.11 Å². The van der Waals surface area contributed by atoms with Crippen molar-refractivity contribution in [1.29, 1.82) is 5.26 Å². The maximum absolute atomic E-state index is 8.93. The van der Waals surface area contributed by atoms with Crippen LogP contribution in [0.5, 0.6) is 0 Å². The molecule has 0 spiro atoms. The molecule has 0 amide bonds. The van der Waals surface area contributed by atoms with Gasteiger partial charge in [0, 0.05) is 12.6 Å². The predicted molar refractivity (Wildman–Crippen MR) is 63.5 cm³/mol. The first-order valence-corrected chi connectivity index (χ1v) is 5.47. The van der Waals surface area contributed by atoms with E-state index in [0.717, 1.165) is 12.1 Å². The summed E-state index contributed by atoms with van der Waals surface area (Å²) >= 11 is 0. The van der Waals surface area contributed by atoms with E-state index in [-0.39, 0.29) is 6.61 Å². The largest absolute Gasteiger partial charge is 0.392 e. The second-order valence-corrected chi connectivity index (χ2v) is 4.13. The smallest absolute Gasteiger partial charge is 0.0871 e. The summed E-state index contributed by atoms with van der Waals surface area (Å²) in [5.41, 5.74) is 2.08. The van der Waals surface area contributed by atoms with Crippen molar-refractivity contribution in [1.82, 2.24) is 4.90 Å². The van der Waals surface area contributed by atoms with Crippen molar-refractivity contribution >= 4 is 0 Å². The van der Waals surface area contributed by atoms with Gasteiger partial charge in [-0.25, -0.2) is 0 Å². The monoisotopic (exact) mass is 218 g/mol. The third kappa shape index (κ3) is 3.65. The lowest BCUT2D eigenvalue weighted by Gasteiger charge is -2.23. The Morgan fingerprint density at radius 2 is 1.81 bits per heavy atom. The van der Waals surface area contributed by atoms with Crippen LogP contribution in [0.15, 0.2) is 24.3 Å². The van der Waals surface area contributed by atoms with Crippen LogP contribution in [0, 0.1) is 11.3 Å². The lowest BCUT2D eigenvalue weighted by molar-refractivity contribution is 0.240. The Kier molecular flexibility index (Phi) is 4.97. The molecule has 1 aromatic rings. The van der Waals surface area contributed by atoms with Crippen molar-refractivity contribution in [3.05, 3.63) is 35.4 Å². The first-order chi connectivity index (χ1) is 7.67. The van der Waals surface area contributed by atoms with E-state index in [4.69, 9.17) is 10.4 Å². The molecule has 86 valence electrons. The highest BCUT2D eigenvalue weighted by Crippen LogP contribution is 2.09. The van der Waals surface area contributed by atoms with Gasteiger partial charge in [0.2, 0.25) is 0 Å². The van der Waals surface area contributed by atoms with E-state index in [1.165, 1.54) is 5.56 Å². The van der Waals surface area contributed by atoms with Crippen LogP contribution in [0.3, 0.4) is 0 Å². The van der Waals surface area contributed by atoms with Gasteiger partial charge in [0.15, 0.2) is 0 Å². The third-order valence-corrected chi connectivity index (χ3v) is 2.60. The third-order valence-electron chi connectivity index (χ3n) is 2.60. The Hall–Kier alpha value is -1.37. The first kappa shape index (κ1) is 12.7. The fourth-order valence-electron chi connectivity index (χ4n) is 1.50. The van der Waals surface area contributed by atoms with Gasteiger partial charge in [-0.3, -0.25) is 4.90 Å². The molecule has 3 nitrogen and oxygen atoms in total. The maximum atomic E-state index is 8.93. The van der Waals surface area contributed by atoms with E-state index >= 15 is 0 Å². The zero-order valence-corrected chi connectivity index (χ0v) is 9.85. The van der Waals surface area contributed by atoms with Gasteiger partial charge in [-0.2, -0.15) is 5.26 Å². The molecule has 0 heterocycles. The maximum Gasteiger partial charge on any atom is 0.0871 e. The van der Waals surface area contributed by atoms with E-state index in [1.54, 1.807) is 0 Å². The number of aliphatic hydroxyl groups excluding tert-OH is 1. The van der Waals surface area contributed by atoms with Gasteiger partial charge in [0.1, 0.15) is 0 Å². The minimum atomic E-state index is 0.0758. The van der Waals surface area contributed by atoms with Crippen LogP contribution < -0.4 is 0 Å². The molecule has 0 aliphatic carbocycles. The summed E-state index contributed by atoms with van der Waals surface area (Å²) in [5.74, 6) is 0. The molecule has 1 aromatic carbocycles. The number of aliphatic hydroxyl groups is 1. The van der Waals surface area contributed by atoms with Crippen molar-refractivity contribution in [2.45, 2.75) is 33.0 Å². The summed E-state index contributed by atoms with van der Waals surface area (Å²) in [6.45, 7) is 5.46. The van der Waals surface area contributed by atoms with Crippen LogP contribution in [-0.2, 0) is 13.2 Å². The highest BCUT2D eigenvalue weighted by molar-refractivity contribution is 5.22. The lowest BCUT2D eigenvalue weighted by Crippen LogP contribution is -2.30. The van der Waals surface area contributed by atoms with Gasteiger partial charge in [0.05, 0.1) is 19.2 Å². The minimum absolute atomic E-state index is 0.0758. The number of benzene rings is 1. The molecule has 1 N–H and O–H groups in total. The molecule has 0 radical (unpaired) electrons. The topological polar surface area (TPSA) is 47.3 Å².